The van der Waals surface area contributed by atoms with Crippen molar-refractivity contribution in [1.29, 1.82) is 0 Å². The van der Waals surface area contributed by atoms with E-state index in [4.69, 9.17) is 17.5 Å². The Labute approximate surface area is 91.6 Å². The molecule has 0 aromatic rings. The molecule has 0 saturated heterocycles. The zero-order valence-corrected chi connectivity index (χ0v) is 9.31. The van der Waals surface area contributed by atoms with E-state index >= 15 is 0 Å². The molecule has 0 radical (unpaired) electrons. The van der Waals surface area contributed by atoms with Crippen molar-refractivity contribution in [2.75, 3.05) is 0 Å². The van der Waals surface area contributed by atoms with E-state index in [1.165, 1.54) is 0 Å². The molecule has 0 amide bonds. The molecule has 0 aromatic carbocycles. The zero-order chi connectivity index (χ0) is 4.50. The maximum atomic E-state index is 8.52. The van der Waals surface area contributed by atoms with Gasteiger partial charge >= 0.3 is 48.9 Å². The van der Waals surface area contributed by atoms with E-state index < -0.39 is 10.4 Å². The third kappa shape index (κ3) is 74.7. The van der Waals surface area contributed by atoms with Crippen LogP contribution in [0.15, 0.2) is 0 Å². The fraction of sp³-hybridized carbons (Fsp3) is 0. The SMILES string of the molecule is O=S(=O)([O-])[O-].[Ba+2].[Ni]. The van der Waals surface area contributed by atoms with Gasteiger partial charge in [0.05, 0.1) is 0 Å². The van der Waals surface area contributed by atoms with Crippen LogP contribution in [-0.2, 0) is 26.9 Å². The molecule has 7 heavy (non-hydrogen) atoms. The second-order valence-corrected chi connectivity index (χ2v) is 1.22. The van der Waals surface area contributed by atoms with Gasteiger partial charge in [-0.25, -0.2) is 0 Å². The number of hydrogen-bond donors (Lipinski definition) is 0. The van der Waals surface area contributed by atoms with Crippen molar-refractivity contribution in [3.63, 3.8) is 0 Å². The van der Waals surface area contributed by atoms with Crippen LogP contribution in [0.25, 0.3) is 0 Å². The van der Waals surface area contributed by atoms with Crippen molar-refractivity contribution in [2.45, 2.75) is 0 Å². The van der Waals surface area contributed by atoms with Gasteiger partial charge in [0, 0.05) is 26.9 Å². The summed E-state index contributed by atoms with van der Waals surface area (Å²) < 4.78 is 34.1. The monoisotopic (exact) mass is 292 g/mol. The standard InChI is InChI=1S/Ba.Ni.H2O4S/c;;1-5(2,3)4/h;;(H2,1,2,3,4)/q+2;;/p-2. The second-order valence-electron chi connectivity index (χ2n) is 0.408. The quantitative estimate of drug-likeness (QED) is 0.302. The Hall–Kier alpha value is 1.93. The summed E-state index contributed by atoms with van der Waals surface area (Å²) in [6.07, 6.45) is 0. The molecule has 0 aliphatic heterocycles. The third-order valence-corrected chi connectivity index (χ3v) is 0. The van der Waals surface area contributed by atoms with E-state index in [0.717, 1.165) is 0 Å². The van der Waals surface area contributed by atoms with Crippen molar-refractivity contribution >= 4 is 59.3 Å². The molecule has 0 aliphatic rings. The van der Waals surface area contributed by atoms with Gasteiger partial charge in [0.1, 0.15) is 0 Å². The summed E-state index contributed by atoms with van der Waals surface area (Å²) in [7, 11) is -5.17. The minimum Gasteiger partial charge on any atom is -0.759 e. The molecule has 0 fully saturated rings. The van der Waals surface area contributed by atoms with Crippen molar-refractivity contribution in [3.05, 3.63) is 0 Å². The fourth-order valence-corrected chi connectivity index (χ4v) is 0. The molecule has 0 spiro atoms. The topological polar surface area (TPSA) is 80.3 Å². The van der Waals surface area contributed by atoms with Gasteiger partial charge in [-0.15, -0.1) is 0 Å². The Bertz CT molecular complexity index is 94.9. The molecule has 42 valence electrons. The first-order valence-corrected chi connectivity index (χ1v) is 2.00. The first-order chi connectivity index (χ1) is 2.00. The Kier molecular flexibility index (Phi) is 13.8. The first kappa shape index (κ1) is 16.0. The van der Waals surface area contributed by atoms with Crippen LogP contribution in [0.2, 0.25) is 0 Å². The largest absolute Gasteiger partial charge is 2.00 e. The smallest absolute Gasteiger partial charge is 0.759 e. The van der Waals surface area contributed by atoms with Gasteiger partial charge in [-0.2, -0.15) is 0 Å². The van der Waals surface area contributed by atoms with Crippen LogP contribution in [0.3, 0.4) is 0 Å². The normalized spacial score (nSPS) is 8.29. The van der Waals surface area contributed by atoms with E-state index in [-0.39, 0.29) is 65.4 Å². The zero-order valence-electron chi connectivity index (χ0n) is 3.06. The molecular weight excluding hydrogens is 292 g/mol. The molecule has 0 atom stereocenters. The molecule has 4 nitrogen and oxygen atoms in total. The molecular formula is BaNiO4S. The number of rotatable bonds is 0. The van der Waals surface area contributed by atoms with E-state index in [9.17, 15) is 0 Å². The Morgan fingerprint density at radius 1 is 1.14 bits per heavy atom. The van der Waals surface area contributed by atoms with Gasteiger partial charge in [-0.05, 0) is 0 Å². The minimum atomic E-state index is -5.17. The van der Waals surface area contributed by atoms with E-state index in [2.05, 4.69) is 0 Å². The van der Waals surface area contributed by atoms with Crippen LogP contribution in [0.4, 0.5) is 0 Å². The van der Waals surface area contributed by atoms with E-state index in [1.54, 1.807) is 0 Å². The van der Waals surface area contributed by atoms with Crippen LogP contribution in [-0.4, -0.2) is 66.4 Å². The molecule has 0 unspecified atom stereocenters. The fourth-order valence-electron chi connectivity index (χ4n) is 0. The summed E-state index contributed by atoms with van der Waals surface area (Å²) in [6.45, 7) is 0. The Morgan fingerprint density at radius 2 is 1.14 bits per heavy atom. The van der Waals surface area contributed by atoms with Crippen LogP contribution >= 0.6 is 0 Å². The van der Waals surface area contributed by atoms with Crippen LogP contribution < -0.4 is 0 Å². The average Bonchev–Trinajstić information content (AvgIpc) is 0.722. The average molecular weight is 292 g/mol. The van der Waals surface area contributed by atoms with Gasteiger partial charge < -0.3 is 9.11 Å². The van der Waals surface area contributed by atoms with Crippen LogP contribution in [0.5, 0.6) is 0 Å². The Morgan fingerprint density at radius 3 is 1.14 bits per heavy atom. The molecule has 0 aliphatic carbocycles. The molecule has 0 bridgehead atoms. The molecule has 0 heterocycles. The summed E-state index contributed by atoms with van der Waals surface area (Å²) >= 11 is 0. The number of hydrogen-bond acceptors (Lipinski definition) is 4. The van der Waals surface area contributed by atoms with Crippen molar-refractivity contribution < 1.29 is 34.0 Å². The first-order valence-electron chi connectivity index (χ1n) is 0.667. The van der Waals surface area contributed by atoms with Crippen molar-refractivity contribution in [2.24, 2.45) is 0 Å². The van der Waals surface area contributed by atoms with Crippen LogP contribution in [0.1, 0.15) is 0 Å². The van der Waals surface area contributed by atoms with Gasteiger partial charge in [-0.1, -0.05) is 0 Å². The maximum absolute atomic E-state index is 8.52. The van der Waals surface area contributed by atoms with Crippen molar-refractivity contribution in [3.8, 4) is 0 Å². The molecule has 0 saturated carbocycles. The predicted octanol–water partition coefficient (Wildman–Crippen LogP) is -1.72. The van der Waals surface area contributed by atoms with Gasteiger partial charge in [0.2, 0.25) is 0 Å². The molecule has 0 N–H and O–H groups in total. The third-order valence-electron chi connectivity index (χ3n) is 0. The van der Waals surface area contributed by atoms with E-state index in [0.29, 0.717) is 0 Å². The maximum Gasteiger partial charge on any atom is 2.00 e. The van der Waals surface area contributed by atoms with Crippen molar-refractivity contribution in [1.82, 2.24) is 0 Å². The van der Waals surface area contributed by atoms with E-state index in [1.807, 2.05) is 0 Å². The van der Waals surface area contributed by atoms with Gasteiger partial charge in [0.25, 0.3) is 0 Å². The summed E-state index contributed by atoms with van der Waals surface area (Å²) in [5.74, 6) is 0. The van der Waals surface area contributed by atoms with Gasteiger partial charge in [-0.3, -0.25) is 8.42 Å². The minimum absolute atomic E-state index is 0. The summed E-state index contributed by atoms with van der Waals surface area (Å²) in [6, 6.07) is 0. The summed E-state index contributed by atoms with van der Waals surface area (Å²) in [4.78, 5) is 0. The second kappa shape index (κ2) is 6.06. The molecule has 0 aromatic heterocycles. The predicted molar refractivity (Wildman–Crippen MR) is 16.2 cm³/mol. The Balaban J connectivity index is -0.0000000800. The molecule has 0 rings (SSSR count). The molecule has 7 heteroatoms. The van der Waals surface area contributed by atoms with Gasteiger partial charge in [0.15, 0.2) is 0 Å². The summed E-state index contributed by atoms with van der Waals surface area (Å²) in [5, 5.41) is 0. The van der Waals surface area contributed by atoms with Crippen LogP contribution in [0, 0.1) is 0 Å². The summed E-state index contributed by atoms with van der Waals surface area (Å²) in [5.41, 5.74) is 0.